The van der Waals surface area contributed by atoms with Crippen LogP contribution in [-0.2, 0) is 38.1 Å². The normalized spacial score (nSPS) is 14.1. The quantitative estimate of drug-likeness (QED) is 0.0170. The van der Waals surface area contributed by atoms with Crippen molar-refractivity contribution in [3.05, 3.63) is 97.2 Å². The second-order valence-corrected chi connectivity index (χ2v) is 26.5. The minimum Gasteiger partial charge on any atom is -0.481 e. The van der Waals surface area contributed by atoms with Crippen LogP contribution in [0, 0.1) is 0 Å². The highest BCUT2D eigenvalue weighted by Gasteiger charge is 2.31. The molecule has 1 fully saturated rings. The molecule has 1 saturated heterocycles. The zero-order valence-corrected chi connectivity index (χ0v) is 64.0. The lowest BCUT2D eigenvalue weighted by molar-refractivity contribution is -0.148. The number of unbranched alkanes of at least 4 members (excludes halogenated alkanes) is 36. The lowest BCUT2D eigenvalue weighted by Gasteiger charge is -2.15. The SMILES string of the molecule is C.CC1(C)OCC(CO)O1.CCCCC/C=C\C=C\CCCCCCCCC(=O)OCC(O)CO.CCCCCC/C=C/C=C\CCCCCCCC(=O)O.CCCCCC/C=C/C=C\CCCCCCCC(=O)O.CCCCCC/C=C/C=C\CCCCCCCC(=O)OCC(O)CO. The number of carboxylic acids is 2. The Bertz CT molecular complexity index is 1900. The van der Waals surface area contributed by atoms with Gasteiger partial charge in [-0.2, -0.15) is 0 Å². The van der Waals surface area contributed by atoms with Gasteiger partial charge >= 0.3 is 23.9 Å². The maximum absolute atomic E-state index is 11.4. The molecule has 0 amide bonds. The Morgan fingerprint density at radius 1 is 0.370 bits per heavy atom. The average Bonchev–Trinajstić information content (AvgIpc) is 1.75. The number of carboxylic acid groups (broad SMARTS) is 2. The summed E-state index contributed by atoms with van der Waals surface area (Å²) in [5.74, 6) is -2.42. The van der Waals surface area contributed by atoms with Crippen LogP contribution in [0.4, 0.5) is 0 Å². The molecule has 1 aliphatic heterocycles. The first-order chi connectivity index (χ1) is 48.1. The van der Waals surface area contributed by atoms with E-state index in [4.69, 9.17) is 54.7 Å². The van der Waals surface area contributed by atoms with Crippen LogP contribution in [0.1, 0.15) is 357 Å². The molecule has 0 aliphatic carbocycles. The molecule has 1 heterocycles. The molecule has 0 radical (unpaired) electrons. The molecule has 15 nitrogen and oxygen atoms in total. The molecule has 0 aromatic carbocycles. The molecule has 1 aliphatic rings. The molecule has 0 spiro atoms. The van der Waals surface area contributed by atoms with Crippen molar-refractivity contribution < 1.29 is 73.9 Å². The Morgan fingerprint density at radius 3 is 0.800 bits per heavy atom. The van der Waals surface area contributed by atoms with E-state index in [1.165, 1.54) is 180 Å². The summed E-state index contributed by atoms with van der Waals surface area (Å²) >= 11 is 0. The molecule has 100 heavy (non-hydrogen) atoms. The van der Waals surface area contributed by atoms with E-state index in [9.17, 15) is 19.2 Å². The number of allylic oxidation sites excluding steroid dienone is 16. The van der Waals surface area contributed by atoms with Gasteiger partial charge in [0.15, 0.2) is 5.79 Å². The zero-order chi connectivity index (χ0) is 73.9. The number of aliphatic hydroxyl groups excluding tert-OH is 5. The minimum absolute atomic E-state index is 0. The van der Waals surface area contributed by atoms with Crippen molar-refractivity contribution in [2.45, 2.75) is 381 Å². The summed E-state index contributed by atoms with van der Waals surface area (Å²) in [6.45, 7) is 12.2. The standard InChI is InChI=1S/2C21H38O4.2C18H32O2.C6H12O3.CH4/c2*1-2-3-4-5-6-7-8-9-10-11-12-13-14-15-16-17-21(24)25-19-20(23)18-22;2*1-2-3-4-5-6-7-8-9-10-11-12-13-14-15-16-17-18(19)20;1-6(2)8-4-5(3-7)9-6;/h7-10,20,22-23H,2-6,11-19H2,1H3;6-9,20,22-23H,2-5,10-19H2,1H3;2*7-10H,2-6,11-17H2,1H3,(H,19,20);5,7H,3-4H2,1-2H3;1H4/b8-7+,10-9-;7-6-,9-8+;2*8-7+,10-9-;;. The Hall–Kier alpha value is -4.48. The summed E-state index contributed by atoms with van der Waals surface area (Å²) in [4.78, 5) is 43.4. The van der Waals surface area contributed by atoms with Gasteiger partial charge < -0.3 is 54.7 Å². The van der Waals surface area contributed by atoms with E-state index in [2.05, 4.69) is 125 Å². The van der Waals surface area contributed by atoms with Crippen molar-refractivity contribution in [3.63, 3.8) is 0 Å². The van der Waals surface area contributed by atoms with Gasteiger partial charge in [0.1, 0.15) is 31.5 Å². The highest BCUT2D eigenvalue weighted by atomic mass is 16.7. The van der Waals surface area contributed by atoms with E-state index < -0.39 is 29.9 Å². The molecule has 0 aromatic heterocycles. The van der Waals surface area contributed by atoms with Gasteiger partial charge in [-0.15, -0.1) is 0 Å². The molecule has 0 aromatic rings. The number of aliphatic carboxylic acids is 2. The van der Waals surface area contributed by atoms with Crippen molar-refractivity contribution in [1.29, 1.82) is 0 Å². The highest BCUT2D eigenvalue weighted by molar-refractivity contribution is 5.69. The van der Waals surface area contributed by atoms with Crippen LogP contribution < -0.4 is 0 Å². The van der Waals surface area contributed by atoms with Crippen LogP contribution in [0.2, 0.25) is 0 Å². The Kier molecular flexibility index (Phi) is 92.4. The molecule has 3 atom stereocenters. The van der Waals surface area contributed by atoms with Crippen LogP contribution in [0.15, 0.2) is 97.2 Å². The summed E-state index contributed by atoms with van der Waals surface area (Å²) in [5.41, 5.74) is 0. The number of aliphatic hydroxyl groups is 5. The van der Waals surface area contributed by atoms with Crippen LogP contribution >= 0.6 is 0 Å². The number of carbonyl (C=O) groups is 4. The summed E-state index contributed by atoms with van der Waals surface area (Å²) < 4.78 is 20.1. The predicted octanol–water partition coefficient (Wildman–Crippen LogP) is 21.9. The third kappa shape index (κ3) is 97.7. The molecule has 1 rings (SSSR count). The molecule has 3 unspecified atom stereocenters. The van der Waals surface area contributed by atoms with Crippen molar-refractivity contribution >= 4 is 23.9 Å². The van der Waals surface area contributed by atoms with Gasteiger partial charge in [0.05, 0.1) is 26.4 Å². The molecular formula is C85H156O15. The average molecular weight is 1420 g/mol. The van der Waals surface area contributed by atoms with Gasteiger partial charge in [-0.1, -0.05) is 286 Å². The topological polar surface area (TPSA) is 247 Å². The number of carbonyl (C=O) groups excluding carboxylic acids is 2. The summed E-state index contributed by atoms with van der Waals surface area (Å²) in [6, 6.07) is 0. The Labute approximate surface area is 613 Å². The largest absolute Gasteiger partial charge is 0.481 e. The number of esters is 2. The van der Waals surface area contributed by atoms with Gasteiger partial charge in [-0.05, 0) is 142 Å². The third-order valence-corrected chi connectivity index (χ3v) is 16.0. The zero-order valence-electron chi connectivity index (χ0n) is 64.0. The Morgan fingerprint density at radius 2 is 0.590 bits per heavy atom. The first kappa shape index (κ1) is 104. The van der Waals surface area contributed by atoms with Gasteiger partial charge in [-0.25, -0.2) is 0 Å². The van der Waals surface area contributed by atoms with E-state index in [0.29, 0.717) is 32.3 Å². The smallest absolute Gasteiger partial charge is 0.305 e. The van der Waals surface area contributed by atoms with Crippen LogP contribution in [-0.4, -0.2) is 123 Å². The molecule has 0 bridgehead atoms. The molecule has 7 N–H and O–H groups in total. The fraction of sp³-hybridized carbons (Fsp3) is 0.765. The number of hydrogen-bond acceptors (Lipinski definition) is 13. The van der Waals surface area contributed by atoms with E-state index in [1.807, 2.05) is 13.8 Å². The first-order valence-corrected chi connectivity index (χ1v) is 39.6. The summed E-state index contributed by atoms with van der Waals surface area (Å²) in [6.07, 6.45) is 86.7. The number of ether oxygens (including phenoxy) is 4. The van der Waals surface area contributed by atoms with Gasteiger partial charge in [0.25, 0.3) is 0 Å². The Balaban J connectivity index is -0.000000384. The van der Waals surface area contributed by atoms with Crippen molar-refractivity contribution in [2.24, 2.45) is 0 Å². The molecule has 0 saturated carbocycles. The number of hydrogen-bond donors (Lipinski definition) is 7. The molecule has 15 heteroatoms. The second kappa shape index (κ2) is 88.7. The van der Waals surface area contributed by atoms with E-state index in [1.54, 1.807) is 0 Å². The molecule has 586 valence electrons. The van der Waals surface area contributed by atoms with Crippen LogP contribution in [0.5, 0.6) is 0 Å². The summed E-state index contributed by atoms with van der Waals surface area (Å²) in [5, 5.41) is 61.0. The van der Waals surface area contributed by atoms with Crippen molar-refractivity contribution in [1.82, 2.24) is 0 Å². The third-order valence-electron chi connectivity index (χ3n) is 16.0. The second-order valence-electron chi connectivity index (χ2n) is 26.5. The fourth-order valence-electron chi connectivity index (χ4n) is 9.90. The van der Waals surface area contributed by atoms with Gasteiger partial charge in [0.2, 0.25) is 0 Å². The van der Waals surface area contributed by atoms with Gasteiger partial charge in [0, 0.05) is 25.7 Å². The van der Waals surface area contributed by atoms with Gasteiger partial charge in [-0.3, -0.25) is 19.2 Å². The minimum atomic E-state index is -0.965. The van der Waals surface area contributed by atoms with Crippen LogP contribution in [0.25, 0.3) is 0 Å². The maximum Gasteiger partial charge on any atom is 0.305 e. The van der Waals surface area contributed by atoms with E-state index in [0.717, 1.165) is 103 Å². The highest BCUT2D eigenvalue weighted by Crippen LogP contribution is 2.22. The lowest BCUT2D eigenvalue weighted by atomic mass is 10.1. The number of rotatable bonds is 63. The first-order valence-electron chi connectivity index (χ1n) is 39.6. The fourth-order valence-corrected chi connectivity index (χ4v) is 9.90. The lowest BCUT2D eigenvalue weighted by Crippen LogP contribution is -2.22. The van der Waals surface area contributed by atoms with E-state index in [-0.39, 0.29) is 58.5 Å². The van der Waals surface area contributed by atoms with E-state index >= 15 is 0 Å². The van der Waals surface area contributed by atoms with Crippen molar-refractivity contribution in [2.75, 3.05) is 39.6 Å². The predicted molar refractivity (Wildman–Crippen MR) is 420 cm³/mol. The monoisotopic (exact) mass is 1420 g/mol. The maximum atomic E-state index is 11.4. The van der Waals surface area contributed by atoms with Crippen LogP contribution in [0.3, 0.4) is 0 Å². The van der Waals surface area contributed by atoms with Crippen molar-refractivity contribution in [3.8, 4) is 0 Å². The molecular weight excluding hydrogens is 1260 g/mol. The summed E-state index contributed by atoms with van der Waals surface area (Å²) in [7, 11) is 0.